The molecule has 3 amide bonds. The third-order valence-corrected chi connectivity index (χ3v) is 1.74. The zero-order valence-electron chi connectivity index (χ0n) is 9.34. The van der Waals surface area contributed by atoms with Crippen molar-refractivity contribution in [1.29, 1.82) is 0 Å². The summed E-state index contributed by atoms with van der Waals surface area (Å²) in [5.74, 6) is -1.91. The molecule has 0 aliphatic heterocycles. The first-order valence-corrected chi connectivity index (χ1v) is 4.96. The van der Waals surface area contributed by atoms with E-state index in [-0.39, 0.29) is 6.54 Å². The summed E-state index contributed by atoms with van der Waals surface area (Å²) in [5, 5.41) is 12.6. The highest BCUT2D eigenvalue weighted by Gasteiger charge is 2.08. The number of carbonyl (C=O) groups excluding carboxylic acids is 2. The molecule has 1 heterocycles. The number of hydrogen-bond donors (Lipinski definition) is 3. The van der Waals surface area contributed by atoms with Crippen LogP contribution < -0.4 is 10.6 Å². The first-order chi connectivity index (χ1) is 8.58. The number of rotatable bonds is 6. The van der Waals surface area contributed by atoms with Crippen LogP contribution in [0.1, 0.15) is 5.56 Å². The van der Waals surface area contributed by atoms with Crippen molar-refractivity contribution in [3.05, 3.63) is 24.2 Å². The minimum atomic E-state index is -1.19. The van der Waals surface area contributed by atoms with Crippen molar-refractivity contribution in [2.75, 3.05) is 13.2 Å². The molecule has 18 heavy (non-hydrogen) atoms. The molecule has 0 radical (unpaired) electrons. The van der Waals surface area contributed by atoms with E-state index < -0.39 is 31.1 Å². The normalized spacial score (nSPS) is 9.78. The lowest BCUT2D eigenvalue weighted by Crippen LogP contribution is -2.41. The van der Waals surface area contributed by atoms with E-state index in [2.05, 4.69) is 10.1 Å². The van der Waals surface area contributed by atoms with Gasteiger partial charge < -0.3 is 19.6 Å². The second kappa shape index (κ2) is 7.07. The lowest BCUT2D eigenvalue weighted by Gasteiger charge is -2.05. The highest BCUT2D eigenvalue weighted by molar-refractivity contribution is 5.94. The lowest BCUT2D eigenvalue weighted by molar-refractivity contribution is -0.143. The second-order valence-corrected chi connectivity index (χ2v) is 3.25. The van der Waals surface area contributed by atoms with Crippen LogP contribution >= 0.6 is 0 Å². The monoisotopic (exact) mass is 256 g/mol. The number of hydrogen-bond acceptors (Lipinski definition) is 5. The van der Waals surface area contributed by atoms with Crippen LogP contribution in [-0.2, 0) is 20.9 Å². The van der Waals surface area contributed by atoms with E-state index in [9.17, 15) is 14.4 Å². The number of amides is 3. The van der Waals surface area contributed by atoms with Crippen LogP contribution in [-0.4, -0.2) is 36.2 Å². The van der Waals surface area contributed by atoms with E-state index >= 15 is 0 Å². The maximum atomic E-state index is 11.2. The molecular formula is C10H12N2O6. The molecule has 0 aliphatic carbocycles. The Morgan fingerprint density at radius 2 is 2.11 bits per heavy atom. The van der Waals surface area contributed by atoms with Crippen molar-refractivity contribution < 1.29 is 28.6 Å². The molecule has 0 aliphatic rings. The average Bonchev–Trinajstić information content (AvgIpc) is 2.78. The van der Waals surface area contributed by atoms with Crippen LogP contribution in [0.2, 0.25) is 0 Å². The first-order valence-electron chi connectivity index (χ1n) is 4.96. The molecule has 0 spiro atoms. The molecule has 8 heteroatoms. The largest absolute Gasteiger partial charge is 0.480 e. The predicted molar refractivity (Wildman–Crippen MR) is 57.5 cm³/mol. The van der Waals surface area contributed by atoms with Gasteiger partial charge in [0.25, 0.3) is 5.91 Å². The number of carboxylic acid groups (broad SMARTS) is 1. The topological polar surface area (TPSA) is 118 Å². The van der Waals surface area contributed by atoms with Gasteiger partial charge in [0, 0.05) is 12.1 Å². The van der Waals surface area contributed by atoms with E-state index in [1.807, 2.05) is 5.32 Å². The number of ether oxygens (including phenoxy) is 1. The molecular weight excluding hydrogens is 244 g/mol. The average molecular weight is 256 g/mol. The summed E-state index contributed by atoms with van der Waals surface area (Å²) in [7, 11) is 0. The minimum Gasteiger partial charge on any atom is -0.480 e. The van der Waals surface area contributed by atoms with Gasteiger partial charge in [-0.05, 0) is 6.07 Å². The van der Waals surface area contributed by atoms with Crippen molar-refractivity contribution in [3.63, 3.8) is 0 Å². The summed E-state index contributed by atoms with van der Waals surface area (Å²) >= 11 is 0. The van der Waals surface area contributed by atoms with Crippen molar-refractivity contribution in [2.24, 2.45) is 0 Å². The van der Waals surface area contributed by atoms with Crippen LogP contribution in [0.25, 0.3) is 0 Å². The van der Waals surface area contributed by atoms with E-state index in [4.69, 9.17) is 9.52 Å². The zero-order valence-corrected chi connectivity index (χ0v) is 9.34. The van der Waals surface area contributed by atoms with Gasteiger partial charge in [-0.25, -0.2) is 9.59 Å². The number of urea groups is 1. The highest BCUT2D eigenvalue weighted by atomic mass is 16.5. The second-order valence-electron chi connectivity index (χ2n) is 3.25. The Balaban J connectivity index is 2.15. The fraction of sp³-hybridized carbons (Fsp3) is 0.300. The van der Waals surface area contributed by atoms with Gasteiger partial charge in [0.1, 0.15) is 13.2 Å². The van der Waals surface area contributed by atoms with Crippen molar-refractivity contribution in [2.45, 2.75) is 6.54 Å². The lowest BCUT2D eigenvalue weighted by atomic mass is 10.3. The van der Waals surface area contributed by atoms with E-state index in [1.165, 1.54) is 12.5 Å². The van der Waals surface area contributed by atoms with Gasteiger partial charge >= 0.3 is 12.0 Å². The predicted octanol–water partition coefficient (Wildman–Crippen LogP) is -0.293. The number of carbonyl (C=O) groups is 3. The van der Waals surface area contributed by atoms with Crippen LogP contribution in [0.15, 0.2) is 23.0 Å². The third kappa shape index (κ3) is 5.66. The fourth-order valence-corrected chi connectivity index (χ4v) is 1.01. The summed E-state index contributed by atoms with van der Waals surface area (Å²) in [6.45, 7) is -0.874. The summed E-state index contributed by atoms with van der Waals surface area (Å²) in [6.07, 6.45) is 2.91. The van der Waals surface area contributed by atoms with Crippen molar-refractivity contribution in [3.8, 4) is 0 Å². The highest BCUT2D eigenvalue weighted by Crippen LogP contribution is 1.97. The number of furan rings is 1. The molecule has 0 saturated heterocycles. The maximum absolute atomic E-state index is 11.2. The number of carboxylic acids is 1. The molecule has 1 aromatic rings. The SMILES string of the molecule is O=C(O)COCC(=O)NC(=O)NCc1ccoc1. The van der Waals surface area contributed by atoms with Crippen molar-refractivity contribution >= 4 is 17.9 Å². The first kappa shape index (κ1) is 13.7. The number of aliphatic carboxylic acids is 1. The van der Waals surface area contributed by atoms with E-state index in [0.29, 0.717) is 0 Å². The summed E-state index contributed by atoms with van der Waals surface area (Å²) in [6, 6.07) is 0.970. The van der Waals surface area contributed by atoms with Crippen LogP contribution in [0.4, 0.5) is 4.79 Å². The maximum Gasteiger partial charge on any atom is 0.329 e. The van der Waals surface area contributed by atoms with Crippen LogP contribution in [0.5, 0.6) is 0 Å². The molecule has 0 aromatic carbocycles. The molecule has 0 atom stereocenters. The summed E-state index contributed by atoms with van der Waals surface area (Å²) < 4.78 is 9.29. The molecule has 3 N–H and O–H groups in total. The van der Waals surface area contributed by atoms with E-state index in [1.54, 1.807) is 6.07 Å². The van der Waals surface area contributed by atoms with Gasteiger partial charge in [-0.1, -0.05) is 0 Å². The molecule has 0 unspecified atom stereocenters. The fourth-order valence-electron chi connectivity index (χ4n) is 1.01. The quantitative estimate of drug-likeness (QED) is 0.643. The van der Waals surface area contributed by atoms with Gasteiger partial charge in [-0.3, -0.25) is 10.1 Å². The minimum absolute atomic E-state index is 0.214. The molecule has 1 aromatic heterocycles. The van der Waals surface area contributed by atoms with Gasteiger partial charge in [0.15, 0.2) is 0 Å². The smallest absolute Gasteiger partial charge is 0.329 e. The molecule has 8 nitrogen and oxygen atoms in total. The Morgan fingerprint density at radius 1 is 1.33 bits per heavy atom. The molecule has 0 fully saturated rings. The molecule has 1 rings (SSSR count). The number of imide groups is 1. The Labute approximate surface area is 102 Å². The Bertz CT molecular complexity index is 414. The van der Waals surface area contributed by atoms with Gasteiger partial charge in [0.2, 0.25) is 0 Å². The Hall–Kier alpha value is -2.35. The van der Waals surface area contributed by atoms with Crippen LogP contribution in [0, 0.1) is 0 Å². The molecule has 0 saturated carbocycles. The Morgan fingerprint density at radius 3 is 2.72 bits per heavy atom. The standard InChI is InChI=1S/C10H12N2O6/c13-8(5-18-6-9(14)15)12-10(16)11-3-7-1-2-17-4-7/h1-2,4H,3,5-6H2,(H,14,15)(H2,11,12,13,16). The van der Waals surface area contributed by atoms with Gasteiger partial charge in [-0.15, -0.1) is 0 Å². The van der Waals surface area contributed by atoms with Crippen LogP contribution in [0.3, 0.4) is 0 Å². The molecule has 98 valence electrons. The summed E-state index contributed by atoms with van der Waals surface area (Å²) in [5.41, 5.74) is 0.750. The van der Waals surface area contributed by atoms with E-state index in [0.717, 1.165) is 5.56 Å². The van der Waals surface area contributed by atoms with Gasteiger partial charge in [-0.2, -0.15) is 0 Å². The number of nitrogens with one attached hydrogen (secondary N) is 2. The van der Waals surface area contributed by atoms with Gasteiger partial charge in [0.05, 0.1) is 12.5 Å². The third-order valence-electron chi connectivity index (χ3n) is 1.74. The molecule has 0 bridgehead atoms. The Kier molecular flexibility index (Phi) is 5.39. The van der Waals surface area contributed by atoms with Crippen molar-refractivity contribution in [1.82, 2.24) is 10.6 Å². The zero-order chi connectivity index (χ0) is 13.4. The summed E-state index contributed by atoms with van der Waals surface area (Å²) in [4.78, 5) is 32.4.